The highest BCUT2D eigenvalue weighted by Crippen LogP contribution is 2.30. The Morgan fingerprint density at radius 1 is 1.30 bits per heavy atom. The first kappa shape index (κ1) is 15.9. The van der Waals surface area contributed by atoms with Crippen LogP contribution in [0.3, 0.4) is 0 Å². The summed E-state index contributed by atoms with van der Waals surface area (Å²) >= 11 is 1.31. The molecule has 2 aromatic heterocycles. The Hall–Kier alpha value is -2.03. The molecule has 23 heavy (non-hydrogen) atoms. The summed E-state index contributed by atoms with van der Waals surface area (Å²) in [5.74, 6) is 2.17. The molecule has 3 rings (SSSR count). The summed E-state index contributed by atoms with van der Waals surface area (Å²) in [6.45, 7) is 10.5. The van der Waals surface area contributed by atoms with Gasteiger partial charge in [0, 0.05) is 13.1 Å². The normalized spacial score (nSPS) is 18.0. The zero-order valence-electron chi connectivity index (χ0n) is 13.9. The summed E-state index contributed by atoms with van der Waals surface area (Å²) in [4.78, 5) is 18.4. The van der Waals surface area contributed by atoms with Crippen molar-refractivity contribution in [2.45, 2.75) is 52.8 Å². The Morgan fingerprint density at radius 3 is 2.65 bits per heavy atom. The molecule has 0 spiro atoms. The van der Waals surface area contributed by atoms with E-state index < -0.39 is 5.60 Å². The minimum Gasteiger partial charge on any atom is -0.444 e. The van der Waals surface area contributed by atoms with Gasteiger partial charge in [-0.3, -0.25) is 4.90 Å². The first-order valence-corrected chi connectivity index (χ1v) is 8.27. The maximum absolute atomic E-state index is 12.3. The molecular weight excluding hydrogens is 316 g/mol. The van der Waals surface area contributed by atoms with Crippen molar-refractivity contribution in [1.82, 2.24) is 29.0 Å². The van der Waals surface area contributed by atoms with E-state index in [1.807, 2.05) is 39.2 Å². The summed E-state index contributed by atoms with van der Waals surface area (Å²) in [7, 11) is 0. The molecule has 3 heterocycles. The Balaban J connectivity index is 1.86. The van der Waals surface area contributed by atoms with Gasteiger partial charge in [0.05, 0.1) is 6.04 Å². The molecule has 1 atom stereocenters. The Labute approximate surface area is 138 Å². The third-order valence-corrected chi connectivity index (χ3v) is 4.33. The minimum absolute atomic E-state index is 0.200. The minimum atomic E-state index is -0.517. The number of carbonyl (C=O) groups excluding carboxylic acids is 1. The molecule has 1 aliphatic heterocycles. The van der Waals surface area contributed by atoms with Crippen LogP contribution < -0.4 is 0 Å². The van der Waals surface area contributed by atoms with E-state index >= 15 is 0 Å². The van der Waals surface area contributed by atoms with Gasteiger partial charge in [0.2, 0.25) is 0 Å². The maximum atomic E-state index is 12.3. The van der Waals surface area contributed by atoms with Gasteiger partial charge in [0.15, 0.2) is 16.7 Å². The van der Waals surface area contributed by atoms with Gasteiger partial charge in [0.25, 0.3) is 0 Å². The number of rotatable bonds is 1. The predicted molar refractivity (Wildman–Crippen MR) is 85.0 cm³/mol. The zero-order valence-corrected chi connectivity index (χ0v) is 14.7. The highest BCUT2D eigenvalue weighted by atomic mass is 32.1. The van der Waals surface area contributed by atoms with E-state index in [1.54, 1.807) is 4.90 Å². The average Bonchev–Trinajstić information content (AvgIpc) is 3.03. The lowest BCUT2D eigenvalue weighted by Gasteiger charge is -2.34. The summed E-state index contributed by atoms with van der Waals surface area (Å²) < 4.78 is 11.7. The largest absolute Gasteiger partial charge is 0.444 e. The number of aryl methyl sites for hydroxylation is 1. The molecule has 1 aliphatic rings. The molecule has 124 valence electrons. The molecule has 1 amide bonds. The second-order valence-electron chi connectivity index (χ2n) is 6.53. The van der Waals surface area contributed by atoms with Gasteiger partial charge in [-0.2, -0.15) is 4.37 Å². The Morgan fingerprint density at radius 2 is 2.04 bits per heavy atom. The van der Waals surface area contributed by atoms with E-state index in [1.165, 1.54) is 11.5 Å². The SMILES string of the molecule is Cc1nsc(-c2nnc3n2CCN(C(=O)OC(C)(C)C)C3C)n1. The van der Waals surface area contributed by atoms with Gasteiger partial charge in [-0.1, -0.05) is 0 Å². The van der Waals surface area contributed by atoms with Gasteiger partial charge in [-0.05, 0) is 46.2 Å². The van der Waals surface area contributed by atoms with Crippen molar-refractivity contribution in [3.63, 3.8) is 0 Å². The summed E-state index contributed by atoms with van der Waals surface area (Å²) in [6.07, 6.45) is -0.326. The van der Waals surface area contributed by atoms with Crippen molar-refractivity contribution in [3.05, 3.63) is 11.6 Å². The quantitative estimate of drug-likeness (QED) is 0.795. The van der Waals surface area contributed by atoms with Crippen molar-refractivity contribution < 1.29 is 9.53 Å². The number of ether oxygens (including phenoxy) is 1. The molecule has 0 bridgehead atoms. The van der Waals surface area contributed by atoms with Crippen molar-refractivity contribution in [2.24, 2.45) is 0 Å². The van der Waals surface area contributed by atoms with Crippen LogP contribution in [0.1, 0.15) is 45.4 Å². The number of carbonyl (C=O) groups is 1. The number of fused-ring (bicyclic) bond motifs is 1. The van der Waals surface area contributed by atoms with Crippen LogP contribution in [0.4, 0.5) is 4.79 Å². The average molecular weight is 336 g/mol. The fourth-order valence-electron chi connectivity index (χ4n) is 2.50. The summed E-state index contributed by atoms with van der Waals surface area (Å²) in [6, 6.07) is -0.200. The van der Waals surface area contributed by atoms with Crippen LogP contribution in [-0.2, 0) is 11.3 Å². The van der Waals surface area contributed by atoms with E-state index in [4.69, 9.17) is 4.74 Å². The van der Waals surface area contributed by atoms with E-state index in [0.717, 1.165) is 16.7 Å². The van der Waals surface area contributed by atoms with Gasteiger partial charge in [-0.15, -0.1) is 10.2 Å². The lowest BCUT2D eigenvalue weighted by molar-refractivity contribution is 0.0121. The fraction of sp³-hybridized carbons (Fsp3) is 0.643. The van der Waals surface area contributed by atoms with Crippen molar-refractivity contribution in [3.8, 4) is 10.8 Å². The van der Waals surface area contributed by atoms with Gasteiger partial charge >= 0.3 is 6.09 Å². The van der Waals surface area contributed by atoms with E-state index in [-0.39, 0.29) is 12.1 Å². The molecule has 0 aliphatic carbocycles. The summed E-state index contributed by atoms with van der Waals surface area (Å²) in [5, 5.41) is 9.25. The van der Waals surface area contributed by atoms with Crippen LogP contribution >= 0.6 is 11.5 Å². The first-order valence-electron chi connectivity index (χ1n) is 7.49. The number of aromatic nitrogens is 5. The molecule has 0 fully saturated rings. The van der Waals surface area contributed by atoms with Crippen LogP contribution in [0.2, 0.25) is 0 Å². The highest BCUT2D eigenvalue weighted by molar-refractivity contribution is 7.09. The number of hydrogen-bond donors (Lipinski definition) is 0. The van der Waals surface area contributed by atoms with Crippen LogP contribution in [-0.4, -0.2) is 47.3 Å². The van der Waals surface area contributed by atoms with Gasteiger partial charge < -0.3 is 9.30 Å². The number of amides is 1. The van der Waals surface area contributed by atoms with Crippen LogP contribution in [0, 0.1) is 6.92 Å². The molecule has 9 heteroatoms. The maximum Gasteiger partial charge on any atom is 0.410 e. The molecule has 0 saturated carbocycles. The zero-order chi connectivity index (χ0) is 16.8. The monoisotopic (exact) mass is 336 g/mol. The molecule has 1 unspecified atom stereocenters. The highest BCUT2D eigenvalue weighted by Gasteiger charge is 2.34. The standard InChI is InChI=1S/C14H20N6O2S/c1-8-10-16-17-11(12-15-9(2)18-23-12)20(10)7-6-19(8)13(21)22-14(3,4)5/h8H,6-7H2,1-5H3. The lowest BCUT2D eigenvalue weighted by Crippen LogP contribution is -2.43. The second-order valence-corrected chi connectivity index (χ2v) is 7.28. The van der Waals surface area contributed by atoms with E-state index in [9.17, 15) is 4.79 Å². The van der Waals surface area contributed by atoms with Crippen LogP contribution in [0.25, 0.3) is 10.8 Å². The molecule has 0 radical (unpaired) electrons. The smallest absolute Gasteiger partial charge is 0.410 e. The van der Waals surface area contributed by atoms with Crippen molar-refractivity contribution in [2.75, 3.05) is 6.54 Å². The second kappa shape index (κ2) is 5.55. The van der Waals surface area contributed by atoms with Crippen LogP contribution in [0.15, 0.2) is 0 Å². The third-order valence-electron chi connectivity index (χ3n) is 3.53. The van der Waals surface area contributed by atoms with Crippen LogP contribution in [0.5, 0.6) is 0 Å². The predicted octanol–water partition coefficient (Wildman–Crippen LogP) is 2.42. The number of nitrogens with zero attached hydrogens (tertiary/aromatic N) is 6. The molecule has 2 aromatic rings. The first-order chi connectivity index (χ1) is 10.8. The van der Waals surface area contributed by atoms with E-state index in [0.29, 0.717) is 18.9 Å². The fourth-order valence-corrected chi connectivity index (χ4v) is 3.17. The lowest BCUT2D eigenvalue weighted by atomic mass is 10.2. The summed E-state index contributed by atoms with van der Waals surface area (Å²) in [5.41, 5.74) is -0.517. The van der Waals surface area contributed by atoms with Crippen molar-refractivity contribution in [1.29, 1.82) is 0 Å². The van der Waals surface area contributed by atoms with Gasteiger partial charge in [0.1, 0.15) is 11.4 Å². The topological polar surface area (TPSA) is 86.0 Å². The Kier molecular flexibility index (Phi) is 3.83. The van der Waals surface area contributed by atoms with Crippen molar-refractivity contribution >= 4 is 17.6 Å². The molecular formula is C14H20N6O2S. The van der Waals surface area contributed by atoms with E-state index in [2.05, 4.69) is 19.6 Å². The molecule has 0 aromatic carbocycles. The third kappa shape index (κ3) is 3.05. The molecule has 8 nitrogen and oxygen atoms in total. The molecule has 0 saturated heterocycles. The molecule has 0 N–H and O–H groups in total. The van der Waals surface area contributed by atoms with Gasteiger partial charge in [-0.25, -0.2) is 9.78 Å². The number of hydrogen-bond acceptors (Lipinski definition) is 7. The Bertz CT molecular complexity index is 732.